The van der Waals surface area contributed by atoms with E-state index in [-0.39, 0.29) is 36.0 Å². The van der Waals surface area contributed by atoms with E-state index < -0.39 is 19.9 Å². The molecule has 7 heteroatoms. The normalized spacial score (nSPS) is 9.70. The summed E-state index contributed by atoms with van der Waals surface area (Å²) < 4.78 is 10.5. The zero-order valence-electron chi connectivity index (χ0n) is 18.3. The summed E-state index contributed by atoms with van der Waals surface area (Å²) in [7, 11) is 0. The van der Waals surface area contributed by atoms with Gasteiger partial charge in [-0.05, 0) is 26.7 Å². The molecular formula is C20H38O6Ti. The Hall–Kier alpha value is -0.686. The number of hydrogen-bond acceptors (Lipinski definition) is 6. The fraction of sp³-hybridized carbons (Fsp3) is 0.800. The van der Waals surface area contributed by atoms with Crippen LogP contribution in [-0.2, 0) is 45.7 Å². The molecule has 0 rings (SSSR count). The molecule has 0 fully saturated rings. The van der Waals surface area contributed by atoms with E-state index in [9.17, 15) is 19.2 Å². The molecule has 0 saturated carbocycles. The van der Waals surface area contributed by atoms with Gasteiger partial charge in [-0.3, -0.25) is 19.2 Å². The average Bonchev–Trinajstić information content (AvgIpc) is 2.46. The standard InChI is InChI=1S/2C7H12O2.2C3H7O.Ti/c2*1-3-4-7(9)5-6(2)8;2*1-3(2)4;/h2*3-5H2,1-2H3;2*3H,1-2H3;/q;;2*-1;+2. The first-order valence-electron chi connectivity index (χ1n) is 9.54. The van der Waals surface area contributed by atoms with Crippen molar-refractivity contribution in [3.8, 4) is 0 Å². The first kappa shape index (κ1) is 31.0. The summed E-state index contributed by atoms with van der Waals surface area (Å²) >= 11 is -0.574. The van der Waals surface area contributed by atoms with Gasteiger partial charge in [0.05, 0.1) is 12.8 Å². The van der Waals surface area contributed by atoms with Crippen LogP contribution in [0.5, 0.6) is 0 Å². The van der Waals surface area contributed by atoms with E-state index in [1.54, 1.807) is 0 Å². The van der Waals surface area contributed by atoms with Crippen LogP contribution in [0.4, 0.5) is 0 Å². The summed E-state index contributed by atoms with van der Waals surface area (Å²) in [6, 6.07) is 0. The molecule has 0 aromatic rings. The summed E-state index contributed by atoms with van der Waals surface area (Å²) in [5, 5.41) is 0. The smallest absolute Gasteiger partial charge is 0.140 e. The van der Waals surface area contributed by atoms with Gasteiger partial charge in [0.15, 0.2) is 0 Å². The van der Waals surface area contributed by atoms with Crippen LogP contribution in [0.2, 0.25) is 0 Å². The van der Waals surface area contributed by atoms with E-state index in [1.807, 2.05) is 41.5 Å². The molecule has 0 spiro atoms. The topological polar surface area (TPSA) is 86.7 Å². The largest absolute Gasteiger partial charge is 0.300 e. The number of carbonyl (C=O) groups excluding carboxylic acids is 4. The van der Waals surface area contributed by atoms with Gasteiger partial charge in [0.25, 0.3) is 0 Å². The molecule has 0 aromatic heterocycles. The van der Waals surface area contributed by atoms with Crippen LogP contribution >= 0.6 is 0 Å². The molecule has 0 aromatic carbocycles. The second-order valence-corrected chi connectivity index (χ2v) is 7.75. The molecule has 0 amide bonds. The molecule has 0 atom stereocenters. The van der Waals surface area contributed by atoms with Gasteiger partial charge in [-0.25, -0.2) is 0 Å². The Morgan fingerprint density at radius 1 is 0.704 bits per heavy atom. The third kappa shape index (κ3) is 36.9. The average molecular weight is 422 g/mol. The molecule has 0 N–H and O–H groups in total. The quantitative estimate of drug-likeness (QED) is 0.342. The van der Waals surface area contributed by atoms with Crippen LogP contribution in [0.1, 0.15) is 93.9 Å². The minimum atomic E-state index is -0.574. The minimum absolute atomic E-state index is 0.0338. The molecule has 0 heterocycles. The second-order valence-electron chi connectivity index (χ2n) is 6.75. The summed E-state index contributed by atoms with van der Waals surface area (Å²) in [5.74, 6) is 0.0527. The Kier molecular flexibility index (Phi) is 24.8. The van der Waals surface area contributed by atoms with Gasteiger partial charge < -0.3 is 0 Å². The maximum Gasteiger partial charge on any atom is 0.140 e. The predicted molar refractivity (Wildman–Crippen MR) is 103 cm³/mol. The Labute approximate surface area is 175 Å². The summed E-state index contributed by atoms with van der Waals surface area (Å²) in [4.78, 5) is 41.9. The van der Waals surface area contributed by atoms with Crippen molar-refractivity contribution in [2.75, 3.05) is 0 Å². The molecule has 158 valence electrons. The molecule has 0 radical (unpaired) electrons. The van der Waals surface area contributed by atoms with Crippen molar-refractivity contribution in [2.24, 2.45) is 0 Å². The monoisotopic (exact) mass is 422 g/mol. The first-order valence-corrected chi connectivity index (χ1v) is 10.8. The van der Waals surface area contributed by atoms with Crippen LogP contribution in [-0.4, -0.2) is 35.3 Å². The number of ketones is 4. The van der Waals surface area contributed by atoms with E-state index in [2.05, 4.69) is 0 Å². The molecule has 0 unspecified atom stereocenters. The fourth-order valence-electron chi connectivity index (χ4n) is 1.51. The van der Waals surface area contributed by atoms with Crippen molar-refractivity contribution in [3.05, 3.63) is 0 Å². The second kappa shape index (κ2) is 21.6. The van der Waals surface area contributed by atoms with Gasteiger partial charge in [-0.1, -0.05) is 13.8 Å². The van der Waals surface area contributed by atoms with Crippen molar-refractivity contribution in [1.82, 2.24) is 0 Å². The molecule has 6 nitrogen and oxygen atoms in total. The molecule has 27 heavy (non-hydrogen) atoms. The number of rotatable bonds is 12. The molecule has 0 aliphatic carbocycles. The minimum Gasteiger partial charge on any atom is -0.300 e. The zero-order valence-corrected chi connectivity index (χ0v) is 19.9. The molecular weight excluding hydrogens is 384 g/mol. The van der Waals surface area contributed by atoms with Gasteiger partial charge in [0, 0.05) is 12.8 Å². The predicted octanol–water partition coefficient (Wildman–Crippen LogP) is 4.42. The Morgan fingerprint density at radius 2 is 1.00 bits per heavy atom. The van der Waals surface area contributed by atoms with E-state index in [1.165, 1.54) is 13.8 Å². The zero-order chi connectivity index (χ0) is 21.8. The van der Waals surface area contributed by atoms with E-state index in [0.29, 0.717) is 25.0 Å². The van der Waals surface area contributed by atoms with Gasteiger partial charge in [0.2, 0.25) is 0 Å². The van der Waals surface area contributed by atoms with Crippen LogP contribution in [0.15, 0.2) is 0 Å². The van der Waals surface area contributed by atoms with Gasteiger partial charge in [0.1, 0.15) is 23.1 Å². The fourth-order valence-corrected chi connectivity index (χ4v) is 2.20. The maximum absolute atomic E-state index is 10.6. The molecule has 0 bridgehead atoms. The molecule has 0 aliphatic heterocycles. The third-order valence-corrected chi connectivity index (χ3v) is 4.29. The summed E-state index contributed by atoms with van der Waals surface area (Å²) in [6.07, 6.45) is 3.64. The first-order chi connectivity index (χ1) is 12.5. The van der Waals surface area contributed by atoms with Gasteiger partial charge >= 0.3 is 66.5 Å². The van der Waals surface area contributed by atoms with Crippen molar-refractivity contribution >= 4 is 23.1 Å². The number of hydrogen-bond donors (Lipinski definition) is 0. The van der Waals surface area contributed by atoms with E-state index >= 15 is 0 Å². The maximum atomic E-state index is 10.6. The Balaban J connectivity index is -0.000000320. The number of carbonyl (C=O) groups is 4. The van der Waals surface area contributed by atoms with Gasteiger partial charge in [-0.2, -0.15) is 0 Å². The third-order valence-electron chi connectivity index (χ3n) is 2.52. The Morgan fingerprint density at radius 3 is 1.19 bits per heavy atom. The van der Waals surface area contributed by atoms with Crippen molar-refractivity contribution < 1.29 is 45.7 Å². The van der Waals surface area contributed by atoms with Crippen molar-refractivity contribution in [3.63, 3.8) is 0 Å². The molecule has 0 aliphatic rings. The Bertz CT molecular complexity index is 381. The van der Waals surface area contributed by atoms with Crippen LogP contribution < -0.4 is 0 Å². The summed E-state index contributed by atoms with van der Waals surface area (Å²) in [5.41, 5.74) is 0. The molecule has 0 saturated heterocycles. The number of Topliss-reactive ketones (excluding diaryl/α,β-unsaturated/α-hetero) is 4. The van der Waals surface area contributed by atoms with Crippen molar-refractivity contribution in [1.29, 1.82) is 0 Å². The van der Waals surface area contributed by atoms with Crippen LogP contribution in [0, 0.1) is 0 Å². The van der Waals surface area contributed by atoms with E-state index in [4.69, 9.17) is 6.64 Å². The van der Waals surface area contributed by atoms with Crippen molar-refractivity contribution in [2.45, 2.75) is 106 Å². The van der Waals surface area contributed by atoms with Gasteiger partial charge in [-0.15, -0.1) is 0 Å². The van der Waals surface area contributed by atoms with E-state index in [0.717, 1.165) is 12.8 Å². The summed E-state index contributed by atoms with van der Waals surface area (Å²) in [6.45, 7) is 14.8. The van der Waals surface area contributed by atoms with Crippen LogP contribution in [0.3, 0.4) is 0 Å². The SMILES string of the molecule is CC(C)[O][Ti][O]C(C)C.CCCC(=O)CC(C)=O.CCCC(=O)CC(C)=O. The van der Waals surface area contributed by atoms with Crippen LogP contribution in [0.25, 0.3) is 0 Å².